The number of aromatic nitrogens is 2. The summed E-state index contributed by atoms with van der Waals surface area (Å²) in [6, 6.07) is 14.3. The molecule has 0 unspecified atom stereocenters. The molecule has 0 atom stereocenters. The van der Waals surface area contributed by atoms with Crippen LogP contribution in [-0.4, -0.2) is 21.0 Å². The highest BCUT2D eigenvalue weighted by Crippen LogP contribution is 2.26. The summed E-state index contributed by atoms with van der Waals surface area (Å²) in [5.41, 5.74) is 1.22. The van der Waals surface area contributed by atoms with Crippen LogP contribution in [0.3, 0.4) is 0 Å². The van der Waals surface area contributed by atoms with Gasteiger partial charge in [-0.3, -0.25) is 9.78 Å². The second-order valence-corrected chi connectivity index (χ2v) is 6.63. The summed E-state index contributed by atoms with van der Waals surface area (Å²) in [5, 5.41) is 12.8. The van der Waals surface area contributed by atoms with Crippen molar-refractivity contribution in [3.8, 4) is 11.6 Å². The first-order valence-electron chi connectivity index (χ1n) is 8.56. The second-order valence-electron chi connectivity index (χ2n) is 6.63. The van der Waals surface area contributed by atoms with E-state index in [9.17, 15) is 9.90 Å². The van der Waals surface area contributed by atoms with E-state index in [4.69, 9.17) is 4.74 Å². The number of amides is 1. The van der Waals surface area contributed by atoms with E-state index in [1.165, 1.54) is 0 Å². The Labute approximate surface area is 157 Å². The number of nitrogens with one attached hydrogen (secondary N) is 1. The molecular weight excluding hydrogens is 342 g/mol. The highest BCUT2D eigenvalue weighted by Gasteiger charge is 2.16. The van der Waals surface area contributed by atoms with Gasteiger partial charge in [-0.05, 0) is 49.2 Å². The first-order chi connectivity index (χ1) is 12.9. The minimum Gasteiger partial charge on any atom is -0.435 e. The summed E-state index contributed by atoms with van der Waals surface area (Å²) in [6.45, 7) is 3.45. The molecular formula is C21H21N3O3. The van der Waals surface area contributed by atoms with E-state index < -0.39 is 5.60 Å². The van der Waals surface area contributed by atoms with Crippen LogP contribution in [0.2, 0.25) is 0 Å². The smallest absolute Gasteiger partial charge is 0.243 e. The predicted octanol–water partition coefficient (Wildman–Crippen LogP) is 3.68. The van der Waals surface area contributed by atoms with Gasteiger partial charge >= 0.3 is 0 Å². The van der Waals surface area contributed by atoms with Crippen LogP contribution in [0.15, 0.2) is 67.1 Å². The maximum absolute atomic E-state index is 12.4. The van der Waals surface area contributed by atoms with Gasteiger partial charge < -0.3 is 15.2 Å². The van der Waals surface area contributed by atoms with Gasteiger partial charge in [-0.2, -0.15) is 0 Å². The molecule has 3 aromatic rings. The summed E-state index contributed by atoms with van der Waals surface area (Å²) < 4.78 is 5.70. The zero-order valence-corrected chi connectivity index (χ0v) is 15.2. The Morgan fingerprint density at radius 2 is 1.85 bits per heavy atom. The van der Waals surface area contributed by atoms with Crippen molar-refractivity contribution in [3.05, 3.63) is 78.2 Å². The molecule has 0 bridgehead atoms. The van der Waals surface area contributed by atoms with Gasteiger partial charge in [0.1, 0.15) is 11.4 Å². The minimum atomic E-state index is -0.908. The topological polar surface area (TPSA) is 84.3 Å². The van der Waals surface area contributed by atoms with Gasteiger partial charge in [0, 0.05) is 12.4 Å². The minimum absolute atomic E-state index is 0.185. The average molecular weight is 363 g/mol. The lowest BCUT2D eigenvalue weighted by Crippen LogP contribution is -2.17. The third-order valence-corrected chi connectivity index (χ3v) is 3.92. The van der Waals surface area contributed by atoms with Gasteiger partial charge in [0.25, 0.3) is 0 Å². The van der Waals surface area contributed by atoms with Crippen molar-refractivity contribution >= 4 is 11.6 Å². The van der Waals surface area contributed by atoms with Crippen LogP contribution in [0, 0.1) is 0 Å². The first-order valence-corrected chi connectivity index (χ1v) is 8.56. The molecule has 2 N–H and O–H groups in total. The highest BCUT2D eigenvalue weighted by molar-refractivity contribution is 5.93. The Hall–Kier alpha value is -3.25. The number of hydrogen-bond acceptors (Lipinski definition) is 5. The third-order valence-electron chi connectivity index (χ3n) is 3.92. The predicted molar refractivity (Wildman–Crippen MR) is 103 cm³/mol. The average Bonchev–Trinajstić information content (AvgIpc) is 2.64. The van der Waals surface area contributed by atoms with Crippen LogP contribution in [-0.2, 0) is 16.8 Å². The van der Waals surface area contributed by atoms with E-state index in [0.29, 0.717) is 17.3 Å². The molecule has 0 aliphatic carbocycles. The van der Waals surface area contributed by atoms with Crippen molar-refractivity contribution < 1.29 is 14.6 Å². The maximum Gasteiger partial charge on any atom is 0.243 e. The van der Waals surface area contributed by atoms with E-state index in [1.54, 1.807) is 56.7 Å². The molecule has 2 heterocycles. The number of hydrogen-bond donors (Lipinski definition) is 2. The fourth-order valence-corrected chi connectivity index (χ4v) is 2.50. The van der Waals surface area contributed by atoms with Crippen LogP contribution < -0.4 is 10.1 Å². The number of aliphatic hydroxyl groups is 1. The van der Waals surface area contributed by atoms with E-state index in [2.05, 4.69) is 15.3 Å². The van der Waals surface area contributed by atoms with Crippen molar-refractivity contribution in [2.24, 2.45) is 0 Å². The zero-order chi connectivity index (χ0) is 19.3. The van der Waals surface area contributed by atoms with Crippen molar-refractivity contribution in [2.45, 2.75) is 25.9 Å². The summed E-state index contributed by atoms with van der Waals surface area (Å²) in [7, 11) is 0. The van der Waals surface area contributed by atoms with Crippen LogP contribution >= 0.6 is 0 Å². The number of benzene rings is 1. The molecule has 1 aromatic carbocycles. The van der Waals surface area contributed by atoms with Gasteiger partial charge in [0.05, 0.1) is 18.2 Å². The number of ether oxygens (including phenoxy) is 1. The number of pyridine rings is 2. The fraction of sp³-hybridized carbons (Fsp3) is 0.190. The second kappa shape index (κ2) is 7.97. The van der Waals surface area contributed by atoms with Crippen molar-refractivity contribution in [3.63, 3.8) is 0 Å². The number of nitrogens with zero attached hydrogens (tertiary/aromatic N) is 2. The number of rotatable bonds is 6. The zero-order valence-electron chi connectivity index (χ0n) is 15.2. The van der Waals surface area contributed by atoms with Gasteiger partial charge in [0.2, 0.25) is 11.8 Å². The Kier molecular flexibility index (Phi) is 5.47. The molecule has 0 radical (unpaired) electrons. The van der Waals surface area contributed by atoms with Gasteiger partial charge in [-0.15, -0.1) is 0 Å². The van der Waals surface area contributed by atoms with Crippen molar-refractivity contribution in [1.29, 1.82) is 0 Å². The Bertz CT molecular complexity index is 904. The van der Waals surface area contributed by atoms with E-state index >= 15 is 0 Å². The molecule has 0 aliphatic heterocycles. The molecule has 0 saturated heterocycles. The molecule has 6 nitrogen and oxygen atoms in total. The SMILES string of the molecule is CC(C)(O)c1ccc(CC(=O)Nc2cccnc2Oc2cccnc2)cc1. The molecule has 0 spiro atoms. The van der Waals surface area contributed by atoms with E-state index in [1.807, 2.05) is 24.3 Å². The summed E-state index contributed by atoms with van der Waals surface area (Å²) in [4.78, 5) is 20.6. The lowest BCUT2D eigenvalue weighted by Gasteiger charge is -2.17. The van der Waals surface area contributed by atoms with E-state index in [-0.39, 0.29) is 12.3 Å². The molecule has 3 rings (SSSR count). The molecule has 27 heavy (non-hydrogen) atoms. The molecule has 2 aromatic heterocycles. The Balaban J connectivity index is 1.68. The highest BCUT2D eigenvalue weighted by atomic mass is 16.5. The third kappa shape index (κ3) is 5.12. The van der Waals surface area contributed by atoms with Gasteiger partial charge in [-0.1, -0.05) is 24.3 Å². The fourth-order valence-electron chi connectivity index (χ4n) is 2.50. The van der Waals surface area contributed by atoms with E-state index in [0.717, 1.165) is 11.1 Å². The monoisotopic (exact) mass is 363 g/mol. The van der Waals surface area contributed by atoms with Crippen LogP contribution in [0.5, 0.6) is 11.6 Å². The summed E-state index contributed by atoms with van der Waals surface area (Å²) >= 11 is 0. The number of anilines is 1. The largest absolute Gasteiger partial charge is 0.435 e. The lowest BCUT2D eigenvalue weighted by atomic mass is 9.97. The molecule has 0 fully saturated rings. The maximum atomic E-state index is 12.4. The van der Waals surface area contributed by atoms with Gasteiger partial charge in [-0.25, -0.2) is 4.98 Å². The van der Waals surface area contributed by atoms with Crippen molar-refractivity contribution in [1.82, 2.24) is 9.97 Å². The lowest BCUT2D eigenvalue weighted by molar-refractivity contribution is -0.115. The van der Waals surface area contributed by atoms with Crippen LogP contribution in [0.4, 0.5) is 5.69 Å². The number of carbonyl (C=O) groups excluding carboxylic acids is 1. The molecule has 138 valence electrons. The van der Waals surface area contributed by atoms with Crippen LogP contribution in [0.25, 0.3) is 0 Å². The quantitative estimate of drug-likeness (QED) is 0.698. The van der Waals surface area contributed by atoms with Crippen molar-refractivity contribution in [2.75, 3.05) is 5.32 Å². The molecule has 6 heteroatoms. The Morgan fingerprint density at radius 1 is 1.11 bits per heavy atom. The van der Waals surface area contributed by atoms with Gasteiger partial charge in [0.15, 0.2) is 0 Å². The standard InChI is InChI=1S/C21H21N3O3/c1-21(2,26)16-9-7-15(8-10-16)13-19(25)24-18-6-4-12-23-20(18)27-17-5-3-11-22-14-17/h3-12,14,26H,13H2,1-2H3,(H,24,25). The molecule has 0 saturated carbocycles. The molecule has 0 aliphatic rings. The number of carbonyl (C=O) groups is 1. The summed E-state index contributed by atoms with van der Waals surface area (Å²) in [6.07, 6.45) is 5.02. The normalized spacial score (nSPS) is 11.1. The summed E-state index contributed by atoms with van der Waals surface area (Å²) in [5.74, 6) is 0.653. The first kappa shape index (κ1) is 18.5. The Morgan fingerprint density at radius 3 is 2.52 bits per heavy atom. The van der Waals surface area contributed by atoms with Crippen LogP contribution in [0.1, 0.15) is 25.0 Å². The molecule has 1 amide bonds.